The Morgan fingerprint density at radius 1 is 1.37 bits per heavy atom. The first kappa shape index (κ1) is 14.2. The molecule has 0 amide bonds. The van der Waals surface area contributed by atoms with Crippen molar-refractivity contribution in [2.24, 2.45) is 0 Å². The Bertz CT molecular complexity index is 660. The molecule has 2 aromatic heterocycles. The highest BCUT2D eigenvalue weighted by atomic mass is 35.5. The molecule has 0 aliphatic rings. The molecule has 0 aromatic carbocycles. The smallest absolute Gasteiger partial charge is 0.229 e. The Balaban J connectivity index is 2.14. The molecule has 8 nitrogen and oxygen atoms in total. The number of hydrogen-bond donors (Lipinski definition) is 0. The summed E-state index contributed by atoms with van der Waals surface area (Å²) < 4.78 is 23.4. The highest BCUT2D eigenvalue weighted by Gasteiger charge is 2.09. The Kier molecular flexibility index (Phi) is 4.32. The van der Waals surface area contributed by atoms with Gasteiger partial charge < -0.3 is 0 Å². The molecule has 0 unspecified atom stereocenters. The third-order valence-electron chi connectivity index (χ3n) is 1.88. The van der Waals surface area contributed by atoms with Crippen LogP contribution < -0.4 is 0 Å². The minimum absolute atomic E-state index is 0.0161. The van der Waals surface area contributed by atoms with Gasteiger partial charge in [0.05, 0.1) is 5.75 Å². The lowest BCUT2D eigenvalue weighted by Gasteiger charge is -2.02. The van der Waals surface area contributed by atoms with Crippen LogP contribution in [0.3, 0.4) is 0 Å². The van der Waals surface area contributed by atoms with E-state index >= 15 is 0 Å². The fourth-order valence-corrected chi connectivity index (χ4v) is 3.31. The van der Waals surface area contributed by atoms with E-state index in [-0.39, 0.29) is 17.0 Å². The minimum atomic E-state index is -3.01. The van der Waals surface area contributed by atoms with E-state index in [1.165, 1.54) is 35.4 Å². The van der Waals surface area contributed by atoms with Crippen molar-refractivity contribution in [1.29, 1.82) is 0 Å². The van der Waals surface area contributed by atoms with Crippen LogP contribution in [0.4, 0.5) is 0 Å². The molecule has 2 heterocycles. The monoisotopic (exact) mass is 320 g/mol. The van der Waals surface area contributed by atoms with E-state index in [9.17, 15) is 8.42 Å². The van der Waals surface area contributed by atoms with Crippen molar-refractivity contribution in [3.63, 3.8) is 0 Å². The fraction of sp³-hybridized carbons (Fsp3) is 0.375. The van der Waals surface area contributed by atoms with Crippen LogP contribution in [0.1, 0.15) is 0 Å². The Morgan fingerprint density at radius 3 is 2.79 bits per heavy atom. The van der Waals surface area contributed by atoms with Crippen molar-refractivity contribution in [3.05, 3.63) is 17.9 Å². The second-order valence-electron chi connectivity index (χ2n) is 3.51. The van der Waals surface area contributed by atoms with Crippen molar-refractivity contribution in [3.8, 4) is 5.95 Å². The SMILES string of the molecule is CS(=O)(=O)CCSc1nc(Cl)nc(-n2cncn2)n1. The van der Waals surface area contributed by atoms with E-state index in [2.05, 4.69) is 25.0 Å². The van der Waals surface area contributed by atoms with Gasteiger partial charge in [0, 0.05) is 12.0 Å². The van der Waals surface area contributed by atoms with E-state index in [4.69, 9.17) is 11.6 Å². The molecule has 0 saturated carbocycles. The molecule has 0 radical (unpaired) electrons. The fourth-order valence-electron chi connectivity index (χ4n) is 1.08. The number of thioether (sulfide) groups is 1. The lowest BCUT2D eigenvalue weighted by molar-refractivity contribution is 0.603. The third kappa shape index (κ3) is 4.40. The largest absolute Gasteiger partial charge is 0.257 e. The van der Waals surface area contributed by atoms with E-state index in [1.807, 2.05) is 0 Å². The lowest BCUT2D eigenvalue weighted by Crippen LogP contribution is -2.07. The van der Waals surface area contributed by atoms with Gasteiger partial charge in [-0.1, -0.05) is 11.8 Å². The van der Waals surface area contributed by atoms with Crippen LogP contribution in [0.5, 0.6) is 0 Å². The summed E-state index contributed by atoms with van der Waals surface area (Å²) >= 11 is 6.97. The summed E-state index contributed by atoms with van der Waals surface area (Å²) in [5.74, 6) is 0.620. The first-order valence-corrected chi connectivity index (χ1v) is 8.43. The van der Waals surface area contributed by atoms with Crippen molar-refractivity contribution in [2.45, 2.75) is 5.16 Å². The maximum absolute atomic E-state index is 11.0. The van der Waals surface area contributed by atoms with Gasteiger partial charge in [-0.25, -0.2) is 13.4 Å². The molecule has 0 N–H and O–H groups in total. The van der Waals surface area contributed by atoms with Gasteiger partial charge in [-0.05, 0) is 11.6 Å². The van der Waals surface area contributed by atoms with Gasteiger partial charge in [0.15, 0.2) is 5.16 Å². The lowest BCUT2D eigenvalue weighted by atomic mass is 10.9. The minimum Gasteiger partial charge on any atom is -0.229 e. The molecule has 19 heavy (non-hydrogen) atoms. The molecular weight excluding hydrogens is 312 g/mol. The zero-order chi connectivity index (χ0) is 13.9. The highest BCUT2D eigenvalue weighted by Crippen LogP contribution is 2.16. The van der Waals surface area contributed by atoms with Gasteiger partial charge in [-0.15, -0.1) is 0 Å². The number of nitrogens with zero attached hydrogens (tertiary/aromatic N) is 6. The van der Waals surface area contributed by atoms with Crippen molar-refractivity contribution in [1.82, 2.24) is 29.7 Å². The van der Waals surface area contributed by atoms with Gasteiger partial charge in [-0.2, -0.15) is 24.7 Å². The molecule has 0 aliphatic heterocycles. The maximum atomic E-state index is 11.0. The molecule has 0 aliphatic carbocycles. The summed E-state index contributed by atoms with van der Waals surface area (Å²) in [7, 11) is -3.01. The topological polar surface area (TPSA) is 104 Å². The summed E-state index contributed by atoms with van der Waals surface area (Å²) in [4.78, 5) is 15.7. The van der Waals surface area contributed by atoms with Gasteiger partial charge >= 0.3 is 0 Å². The zero-order valence-electron chi connectivity index (χ0n) is 9.76. The van der Waals surface area contributed by atoms with Crippen LogP contribution in [0.2, 0.25) is 5.28 Å². The van der Waals surface area contributed by atoms with Crippen molar-refractivity contribution < 1.29 is 8.42 Å². The van der Waals surface area contributed by atoms with Gasteiger partial charge in [-0.3, -0.25) is 0 Å². The summed E-state index contributed by atoms with van der Waals surface area (Å²) in [6, 6.07) is 0. The second-order valence-corrected chi connectivity index (χ2v) is 7.17. The van der Waals surface area contributed by atoms with Gasteiger partial charge in [0.25, 0.3) is 5.95 Å². The highest BCUT2D eigenvalue weighted by molar-refractivity contribution is 8.00. The van der Waals surface area contributed by atoms with Crippen LogP contribution in [0, 0.1) is 0 Å². The Hall–Kier alpha value is -1.26. The quantitative estimate of drug-likeness (QED) is 0.722. The third-order valence-corrected chi connectivity index (χ3v) is 4.11. The first-order valence-electron chi connectivity index (χ1n) is 5.01. The van der Waals surface area contributed by atoms with E-state index < -0.39 is 9.84 Å². The Morgan fingerprint density at radius 2 is 2.16 bits per heavy atom. The molecule has 2 rings (SSSR count). The van der Waals surface area contributed by atoms with Gasteiger partial charge in [0.2, 0.25) is 5.28 Å². The predicted molar refractivity (Wildman–Crippen MR) is 70.2 cm³/mol. The van der Waals surface area contributed by atoms with Crippen LogP contribution >= 0.6 is 23.4 Å². The normalized spacial score (nSPS) is 11.7. The average molecular weight is 321 g/mol. The first-order chi connectivity index (χ1) is 8.94. The Labute approximate surface area is 118 Å². The molecule has 0 spiro atoms. The standard InChI is InChI=1S/C8H9ClN6O2S2/c1-19(16,17)3-2-18-8-13-6(9)12-7(14-8)15-5-10-4-11-15/h4-5H,2-3H2,1H3. The van der Waals surface area contributed by atoms with Crippen molar-refractivity contribution >= 4 is 33.2 Å². The average Bonchev–Trinajstić information content (AvgIpc) is 2.79. The summed E-state index contributed by atoms with van der Waals surface area (Å²) in [5.41, 5.74) is 0. The van der Waals surface area contributed by atoms with E-state index in [0.717, 1.165) is 0 Å². The summed E-state index contributed by atoms with van der Waals surface area (Å²) in [6.07, 6.45) is 3.94. The maximum Gasteiger partial charge on any atom is 0.257 e. The molecule has 2 aromatic rings. The number of halogens is 1. The molecule has 11 heteroatoms. The summed E-state index contributed by atoms with van der Waals surface area (Å²) in [6.45, 7) is 0. The molecule has 0 saturated heterocycles. The van der Waals surface area contributed by atoms with E-state index in [1.54, 1.807) is 0 Å². The molecule has 0 atom stereocenters. The second kappa shape index (κ2) is 5.80. The molecular formula is C8H9ClN6O2S2. The van der Waals surface area contributed by atoms with Crippen LogP contribution in [-0.4, -0.2) is 55.9 Å². The number of sulfone groups is 1. The predicted octanol–water partition coefficient (Wildman–Crippen LogP) is 0.242. The van der Waals surface area contributed by atoms with Crippen LogP contribution in [-0.2, 0) is 9.84 Å². The zero-order valence-corrected chi connectivity index (χ0v) is 12.2. The molecule has 102 valence electrons. The van der Waals surface area contributed by atoms with Gasteiger partial charge in [0.1, 0.15) is 22.5 Å². The van der Waals surface area contributed by atoms with Crippen LogP contribution in [0.15, 0.2) is 17.8 Å². The molecule has 0 fully saturated rings. The summed E-state index contributed by atoms with van der Waals surface area (Å²) in [5, 5.41) is 4.24. The van der Waals surface area contributed by atoms with Crippen molar-refractivity contribution in [2.75, 3.05) is 17.8 Å². The molecule has 0 bridgehead atoms. The van der Waals surface area contributed by atoms with E-state index in [0.29, 0.717) is 10.9 Å². The number of rotatable bonds is 5. The number of aromatic nitrogens is 6. The number of hydrogen-bond acceptors (Lipinski definition) is 8. The van der Waals surface area contributed by atoms with Crippen LogP contribution in [0.25, 0.3) is 5.95 Å².